The fourth-order valence-corrected chi connectivity index (χ4v) is 4.25. The molecule has 28 heavy (non-hydrogen) atoms. The Morgan fingerprint density at radius 2 is 2.21 bits per heavy atom. The van der Waals surface area contributed by atoms with E-state index in [-0.39, 0.29) is 23.8 Å². The molecule has 6 nitrogen and oxygen atoms in total. The zero-order chi connectivity index (χ0) is 19.7. The summed E-state index contributed by atoms with van der Waals surface area (Å²) in [4.78, 5) is 23.0. The maximum atomic E-state index is 13.5. The van der Waals surface area contributed by atoms with Gasteiger partial charge in [0.25, 0.3) is 0 Å². The zero-order valence-corrected chi connectivity index (χ0v) is 16.0. The van der Waals surface area contributed by atoms with Crippen LogP contribution in [-0.2, 0) is 4.79 Å². The average Bonchev–Trinajstić information content (AvgIpc) is 3.36. The summed E-state index contributed by atoms with van der Waals surface area (Å²) in [5, 5.41) is 9.97. The quantitative estimate of drug-likeness (QED) is 0.814. The van der Waals surface area contributed by atoms with E-state index < -0.39 is 0 Å². The first-order chi connectivity index (χ1) is 13.5. The van der Waals surface area contributed by atoms with Crippen molar-refractivity contribution in [1.29, 1.82) is 5.26 Å². The van der Waals surface area contributed by atoms with E-state index in [1.165, 1.54) is 12.1 Å². The Balaban J connectivity index is 1.40. The van der Waals surface area contributed by atoms with Gasteiger partial charge in [-0.2, -0.15) is 5.26 Å². The van der Waals surface area contributed by atoms with Crippen LogP contribution in [0.4, 0.5) is 10.1 Å². The number of hydrogen-bond donors (Lipinski definition) is 0. The number of carbonyl (C=O) groups is 1. The second kappa shape index (κ2) is 7.72. The number of carbonyl (C=O) groups excluding carboxylic acids is 1. The van der Waals surface area contributed by atoms with E-state index in [9.17, 15) is 14.4 Å². The minimum Gasteiger partial charge on any atom is -0.369 e. The lowest BCUT2D eigenvalue weighted by Gasteiger charge is -2.27. The van der Waals surface area contributed by atoms with Crippen molar-refractivity contribution in [1.82, 2.24) is 14.8 Å². The maximum absolute atomic E-state index is 13.5. The molecule has 0 spiro atoms. The van der Waals surface area contributed by atoms with Gasteiger partial charge in [0.05, 0.1) is 30.0 Å². The molecule has 2 aromatic rings. The van der Waals surface area contributed by atoms with E-state index in [0.29, 0.717) is 13.1 Å². The molecule has 0 N–H and O–H groups in total. The van der Waals surface area contributed by atoms with Crippen LogP contribution in [0.25, 0.3) is 10.9 Å². The molecule has 2 fully saturated rings. The molecular formula is C21H24FN5O. The van der Waals surface area contributed by atoms with Crippen molar-refractivity contribution < 1.29 is 9.18 Å². The molecule has 0 unspecified atom stereocenters. The molecule has 0 radical (unpaired) electrons. The summed E-state index contributed by atoms with van der Waals surface area (Å²) < 4.78 is 13.5. The molecule has 2 aliphatic rings. The number of fused-ring (bicyclic) bond motifs is 1. The van der Waals surface area contributed by atoms with Gasteiger partial charge in [-0.1, -0.05) is 0 Å². The van der Waals surface area contributed by atoms with Crippen LogP contribution in [0, 0.1) is 17.1 Å². The van der Waals surface area contributed by atoms with E-state index in [1.54, 1.807) is 11.0 Å². The minimum absolute atomic E-state index is 0.0511. The Labute approximate surface area is 164 Å². The van der Waals surface area contributed by atoms with Crippen LogP contribution in [0.3, 0.4) is 0 Å². The maximum Gasteiger partial charge on any atom is 0.237 e. The molecule has 0 aliphatic carbocycles. The monoisotopic (exact) mass is 381 g/mol. The molecule has 3 heterocycles. The van der Waals surface area contributed by atoms with E-state index >= 15 is 0 Å². The highest BCUT2D eigenvalue weighted by Crippen LogP contribution is 2.25. The summed E-state index contributed by atoms with van der Waals surface area (Å²) >= 11 is 0. The third kappa shape index (κ3) is 3.65. The first kappa shape index (κ1) is 18.6. The van der Waals surface area contributed by atoms with Crippen molar-refractivity contribution in [3.63, 3.8) is 0 Å². The number of aromatic nitrogens is 1. The van der Waals surface area contributed by atoms with Crippen molar-refractivity contribution in [3.05, 3.63) is 36.3 Å². The first-order valence-corrected chi connectivity index (χ1v) is 9.75. The van der Waals surface area contributed by atoms with Gasteiger partial charge in [-0.3, -0.25) is 14.7 Å². The Morgan fingerprint density at radius 1 is 1.36 bits per heavy atom. The normalized spacial score (nSPS) is 22.5. The highest BCUT2D eigenvalue weighted by atomic mass is 19.1. The lowest BCUT2D eigenvalue weighted by atomic mass is 10.1. The van der Waals surface area contributed by atoms with Gasteiger partial charge in [0.15, 0.2) is 0 Å². The molecule has 1 aromatic carbocycles. The molecule has 0 saturated carbocycles. The number of nitriles is 1. The number of likely N-dealkylation sites (tertiary alicyclic amines) is 2. The number of nitrogens with zero attached hydrogens (tertiary/aromatic N) is 5. The summed E-state index contributed by atoms with van der Waals surface area (Å²) in [5.74, 6) is -0.215. The molecule has 2 saturated heterocycles. The smallest absolute Gasteiger partial charge is 0.237 e. The Kier molecular flexibility index (Phi) is 5.14. The van der Waals surface area contributed by atoms with Crippen LogP contribution in [-0.4, -0.2) is 66.0 Å². The molecule has 1 amide bonds. The first-order valence-electron chi connectivity index (χ1n) is 9.75. The fourth-order valence-electron chi connectivity index (χ4n) is 4.25. The van der Waals surface area contributed by atoms with Gasteiger partial charge in [-0.15, -0.1) is 0 Å². The van der Waals surface area contributed by atoms with Crippen LogP contribution in [0.1, 0.15) is 19.3 Å². The molecule has 146 valence electrons. The molecule has 0 bridgehead atoms. The number of benzene rings is 1. The molecular weight excluding hydrogens is 357 g/mol. The van der Waals surface area contributed by atoms with Gasteiger partial charge in [0.2, 0.25) is 5.91 Å². The van der Waals surface area contributed by atoms with E-state index in [0.717, 1.165) is 48.9 Å². The Morgan fingerprint density at radius 3 is 3.04 bits per heavy atom. The average molecular weight is 381 g/mol. The highest BCUT2D eigenvalue weighted by molar-refractivity contribution is 5.82. The number of pyridine rings is 1. The van der Waals surface area contributed by atoms with Crippen LogP contribution >= 0.6 is 0 Å². The van der Waals surface area contributed by atoms with Gasteiger partial charge in [-0.05, 0) is 43.5 Å². The standard InChI is InChI=1S/C21H24FN5O/c1-25(19-10-15-9-16(22)4-5-20(15)24-12-19)18-6-8-26(13-18)14-21(28)27-7-2-3-17(27)11-23/h4-5,9-10,12,17-18H,2-3,6-8,13-14H2,1H3/t17-,18-/m0/s1. The van der Waals surface area contributed by atoms with Gasteiger partial charge in [-0.25, -0.2) is 4.39 Å². The van der Waals surface area contributed by atoms with Crippen LogP contribution in [0.2, 0.25) is 0 Å². The number of hydrogen-bond acceptors (Lipinski definition) is 5. The summed E-state index contributed by atoms with van der Waals surface area (Å²) in [6.45, 7) is 2.69. The van der Waals surface area contributed by atoms with E-state index in [1.807, 2.05) is 19.3 Å². The van der Waals surface area contributed by atoms with Crippen LogP contribution in [0.5, 0.6) is 0 Å². The van der Waals surface area contributed by atoms with Gasteiger partial charge in [0.1, 0.15) is 11.9 Å². The third-order valence-electron chi connectivity index (χ3n) is 5.91. The largest absolute Gasteiger partial charge is 0.369 e. The molecule has 2 aliphatic heterocycles. The number of amides is 1. The van der Waals surface area contributed by atoms with Crippen molar-refractivity contribution >= 4 is 22.5 Å². The molecule has 4 rings (SSSR count). The summed E-state index contributed by atoms with van der Waals surface area (Å²) in [5.41, 5.74) is 1.72. The van der Waals surface area contributed by atoms with Crippen molar-refractivity contribution in [2.75, 3.05) is 38.1 Å². The second-order valence-electron chi connectivity index (χ2n) is 7.69. The number of halogens is 1. The highest BCUT2D eigenvalue weighted by Gasteiger charge is 2.32. The zero-order valence-electron chi connectivity index (χ0n) is 16.0. The molecule has 1 aromatic heterocycles. The Hall–Kier alpha value is -2.72. The molecule has 7 heteroatoms. The van der Waals surface area contributed by atoms with Crippen LogP contribution < -0.4 is 4.90 Å². The van der Waals surface area contributed by atoms with Gasteiger partial charge in [0, 0.05) is 38.1 Å². The lowest BCUT2D eigenvalue weighted by molar-refractivity contribution is -0.132. The summed E-state index contributed by atoms with van der Waals surface area (Å²) in [6, 6.07) is 8.80. The van der Waals surface area contributed by atoms with Gasteiger partial charge >= 0.3 is 0 Å². The third-order valence-corrected chi connectivity index (χ3v) is 5.91. The fraction of sp³-hybridized carbons (Fsp3) is 0.476. The summed E-state index contributed by atoms with van der Waals surface area (Å²) in [6.07, 6.45) is 4.45. The van der Waals surface area contributed by atoms with Crippen molar-refractivity contribution in [3.8, 4) is 6.07 Å². The van der Waals surface area contributed by atoms with E-state index in [4.69, 9.17) is 0 Å². The second-order valence-corrected chi connectivity index (χ2v) is 7.69. The van der Waals surface area contributed by atoms with Crippen LogP contribution in [0.15, 0.2) is 30.5 Å². The van der Waals surface area contributed by atoms with Crippen molar-refractivity contribution in [2.24, 2.45) is 0 Å². The number of likely N-dealkylation sites (N-methyl/N-ethyl adjacent to an activating group) is 1. The van der Waals surface area contributed by atoms with Gasteiger partial charge < -0.3 is 9.80 Å². The minimum atomic E-state index is -0.266. The molecule has 2 atom stereocenters. The topological polar surface area (TPSA) is 63.5 Å². The number of rotatable bonds is 4. The Bertz CT molecular complexity index is 927. The SMILES string of the molecule is CN(c1cnc2ccc(F)cc2c1)[C@H]1CCN(CC(=O)N2CCC[C@H]2C#N)C1. The lowest BCUT2D eigenvalue weighted by Crippen LogP contribution is -2.42. The predicted octanol–water partition coefficient (Wildman–Crippen LogP) is 2.40. The summed E-state index contributed by atoms with van der Waals surface area (Å²) in [7, 11) is 2.02. The van der Waals surface area contributed by atoms with E-state index in [2.05, 4.69) is 20.9 Å². The number of anilines is 1. The van der Waals surface area contributed by atoms with Crippen molar-refractivity contribution in [2.45, 2.75) is 31.3 Å². The predicted molar refractivity (Wildman–Crippen MR) is 105 cm³/mol.